The summed E-state index contributed by atoms with van der Waals surface area (Å²) in [5.74, 6) is 0.0529. The van der Waals surface area contributed by atoms with Crippen LogP contribution in [0, 0.1) is 0 Å². The molecule has 0 unspecified atom stereocenters. The number of carbonyl (C=O) groups is 2. The molecule has 152 valence electrons. The highest BCUT2D eigenvalue weighted by atomic mass is 16.6. The minimum atomic E-state index is -0.442. The fourth-order valence-electron chi connectivity index (χ4n) is 2.89. The highest BCUT2D eigenvalue weighted by Gasteiger charge is 2.18. The van der Waals surface area contributed by atoms with E-state index in [0.717, 1.165) is 24.1 Å². The minimum Gasteiger partial charge on any atom is -0.493 e. The van der Waals surface area contributed by atoms with Crippen molar-refractivity contribution in [3.63, 3.8) is 0 Å². The van der Waals surface area contributed by atoms with Crippen molar-refractivity contribution in [2.45, 2.75) is 38.9 Å². The Kier molecular flexibility index (Phi) is 7.03. The van der Waals surface area contributed by atoms with Gasteiger partial charge in [0.05, 0.1) is 19.8 Å². The van der Waals surface area contributed by atoms with E-state index in [4.69, 9.17) is 14.2 Å². The second-order valence-electron chi connectivity index (χ2n) is 6.85. The van der Waals surface area contributed by atoms with Gasteiger partial charge in [0, 0.05) is 24.3 Å². The van der Waals surface area contributed by atoms with E-state index < -0.39 is 5.97 Å². The Bertz CT molecular complexity index is 902. The molecule has 3 rings (SSSR count). The van der Waals surface area contributed by atoms with Crippen molar-refractivity contribution >= 4 is 23.6 Å². The molecule has 0 bridgehead atoms. The molecule has 0 radical (unpaired) electrons. The molecule has 0 saturated heterocycles. The molecule has 0 aliphatic heterocycles. The quantitative estimate of drug-likeness (QED) is 0.409. The van der Waals surface area contributed by atoms with Crippen molar-refractivity contribution in [3.05, 3.63) is 59.7 Å². The summed E-state index contributed by atoms with van der Waals surface area (Å²) in [5, 5.41) is 2.89. The minimum absolute atomic E-state index is 0.258. The molecule has 0 aromatic heterocycles. The predicted molar refractivity (Wildman–Crippen MR) is 111 cm³/mol. The van der Waals surface area contributed by atoms with Gasteiger partial charge in [-0.2, -0.15) is 0 Å². The van der Waals surface area contributed by atoms with Crippen LogP contribution >= 0.6 is 0 Å². The van der Waals surface area contributed by atoms with Gasteiger partial charge in [-0.05, 0) is 49.1 Å². The van der Waals surface area contributed by atoms with Gasteiger partial charge in [-0.1, -0.05) is 24.3 Å². The number of carbonyl (C=O) groups excluding carboxylic acids is 2. The van der Waals surface area contributed by atoms with E-state index in [1.165, 1.54) is 26.5 Å². The number of anilines is 1. The van der Waals surface area contributed by atoms with Crippen molar-refractivity contribution in [3.8, 4) is 11.5 Å². The van der Waals surface area contributed by atoms with Gasteiger partial charge in [0.1, 0.15) is 0 Å². The normalized spacial score (nSPS) is 13.7. The number of methoxy groups -OCH3 is 1. The van der Waals surface area contributed by atoms with E-state index in [0.29, 0.717) is 29.8 Å². The van der Waals surface area contributed by atoms with E-state index >= 15 is 0 Å². The number of hydrogen-bond acceptors (Lipinski definition) is 5. The van der Waals surface area contributed by atoms with Gasteiger partial charge in [-0.25, -0.2) is 0 Å². The number of nitrogens with one attached hydrogen (secondary N) is 1. The van der Waals surface area contributed by atoms with E-state index in [1.807, 2.05) is 24.3 Å². The molecule has 6 heteroatoms. The van der Waals surface area contributed by atoms with Gasteiger partial charge >= 0.3 is 5.97 Å². The molecule has 2 aromatic carbocycles. The molecule has 1 aliphatic rings. The molecule has 0 atom stereocenters. The monoisotopic (exact) mass is 395 g/mol. The molecule has 2 aromatic rings. The van der Waals surface area contributed by atoms with E-state index in [1.54, 1.807) is 24.3 Å². The van der Waals surface area contributed by atoms with Crippen LogP contribution in [0.4, 0.5) is 5.69 Å². The van der Waals surface area contributed by atoms with Crippen LogP contribution in [0.5, 0.6) is 11.5 Å². The van der Waals surface area contributed by atoms with Crippen LogP contribution in [-0.2, 0) is 20.9 Å². The first-order valence-electron chi connectivity index (χ1n) is 9.60. The summed E-state index contributed by atoms with van der Waals surface area (Å²) in [5.41, 5.74) is 2.39. The second-order valence-corrected chi connectivity index (χ2v) is 6.85. The lowest BCUT2D eigenvalue weighted by Crippen LogP contribution is -2.21. The van der Waals surface area contributed by atoms with E-state index in [-0.39, 0.29) is 5.91 Å². The van der Waals surface area contributed by atoms with E-state index in [9.17, 15) is 9.59 Å². The Morgan fingerprint density at radius 1 is 1.14 bits per heavy atom. The summed E-state index contributed by atoms with van der Waals surface area (Å²) in [7, 11) is 1.50. The van der Waals surface area contributed by atoms with Gasteiger partial charge in [0.25, 0.3) is 0 Å². The maximum Gasteiger partial charge on any atom is 0.308 e. The van der Waals surface area contributed by atoms with Gasteiger partial charge in [-0.15, -0.1) is 0 Å². The van der Waals surface area contributed by atoms with Crippen LogP contribution in [0.15, 0.2) is 48.5 Å². The van der Waals surface area contributed by atoms with Gasteiger partial charge < -0.3 is 19.5 Å². The molecule has 0 spiro atoms. The van der Waals surface area contributed by atoms with Crippen LogP contribution in [0.1, 0.15) is 37.3 Å². The highest BCUT2D eigenvalue weighted by Crippen LogP contribution is 2.29. The molecule has 1 saturated carbocycles. The van der Waals surface area contributed by atoms with Crippen molar-refractivity contribution in [2.24, 2.45) is 0 Å². The summed E-state index contributed by atoms with van der Waals surface area (Å²) in [4.78, 5) is 23.6. The van der Waals surface area contributed by atoms with Crippen molar-refractivity contribution in [2.75, 3.05) is 12.4 Å². The summed E-state index contributed by atoms with van der Waals surface area (Å²) < 4.78 is 16.2. The molecule has 1 amide bonds. The van der Waals surface area contributed by atoms with Crippen molar-refractivity contribution in [1.29, 1.82) is 0 Å². The second kappa shape index (κ2) is 9.89. The van der Waals surface area contributed by atoms with Crippen LogP contribution in [0.25, 0.3) is 6.08 Å². The number of ether oxygens (including phenoxy) is 3. The third-order valence-corrected chi connectivity index (χ3v) is 4.67. The van der Waals surface area contributed by atoms with Gasteiger partial charge in [0.15, 0.2) is 11.5 Å². The predicted octanol–water partition coefficient (Wildman–Crippen LogP) is 4.34. The summed E-state index contributed by atoms with van der Waals surface area (Å²) in [6, 6.07) is 12.7. The number of esters is 1. The molecule has 29 heavy (non-hydrogen) atoms. The third kappa shape index (κ3) is 5.93. The van der Waals surface area contributed by atoms with Crippen molar-refractivity contribution < 1.29 is 23.8 Å². The fraction of sp³-hybridized carbons (Fsp3) is 0.304. The van der Waals surface area contributed by atoms with Crippen molar-refractivity contribution in [1.82, 2.24) is 0 Å². The first-order valence-corrected chi connectivity index (χ1v) is 9.60. The average molecular weight is 395 g/mol. The molecule has 1 fully saturated rings. The zero-order chi connectivity index (χ0) is 20.6. The van der Waals surface area contributed by atoms with E-state index in [2.05, 4.69) is 5.32 Å². The number of para-hydroxylation sites is 1. The lowest BCUT2D eigenvalue weighted by Gasteiger charge is -2.26. The van der Waals surface area contributed by atoms with Crippen LogP contribution in [-0.4, -0.2) is 25.1 Å². The number of rotatable bonds is 8. The molecular weight excluding hydrogens is 370 g/mol. The Labute approximate surface area is 170 Å². The molecular formula is C23H25NO5. The molecule has 6 nitrogen and oxygen atoms in total. The molecule has 0 heterocycles. The summed E-state index contributed by atoms with van der Waals surface area (Å²) >= 11 is 0. The number of amides is 1. The lowest BCUT2D eigenvalue weighted by molar-refractivity contribution is -0.132. The Morgan fingerprint density at radius 2 is 1.93 bits per heavy atom. The highest BCUT2D eigenvalue weighted by molar-refractivity contribution is 6.02. The summed E-state index contributed by atoms with van der Waals surface area (Å²) in [6.45, 7) is 1.80. The maximum absolute atomic E-state index is 12.4. The Morgan fingerprint density at radius 3 is 2.62 bits per heavy atom. The van der Waals surface area contributed by atoms with Gasteiger partial charge in [0.2, 0.25) is 5.91 Å². The Balaban J connectivity index is 1.64. The number of benzene rings is 2. The largest absolute Gasteiger partial charge is 0.493 e. The zero-order valence-corrected chi connectivity index (χ0v) is 16.6. The smallest absolute Gasteiger partial charge is 0.308 e. The standard InChI is InChI=1S/C23H25NO5/c1-16(25)29-22-14-17(10-12-21(22)27-2)11-13-23(26)24-20-9-4-3-6-18(20)15-28-19-7-5-8-19/h3-4,6,9-14,19H,5,7-8,15H2,1-2H3,(H,24,26). The zero-order valence-electron chi connectivity index (χ0n) is 16.6. The van der Waals surface area contributed by atoms with Crippen LogP contribution < -0.4 is 14.8 Å². The van der Waals surface area contributed by atoms with Crippen LogP contribution in [0.3, 0.4) is 0 Å². The Hall–Kier alpha value is -3.12. The summed E-state index contributed by atoms with van der Waals surface area (Å²) in [6.07, 6.45) is 6.85. The van der Waals surface area contributed by atoms with Crippen LogP contribution in [0.2, 0.25) is 0 Å². The molecule has 1 N–H and O–H groups in total. The third-order valence-electron chi connectivity index (χ3n) is 4.67. The molecule has 1 aliphatic carbocycles. The first-order chi connectivity index (χ1) is 14.0. The topological polar surface area (TPSA) is 73.9 Å². The van der Waals surface area contributed by atoms with Gasteiger partial charge in [-0.3, -0.25) is 9.59 Å². The fourth-order valence-corrected chi connectivity index (χ4v) is 2.89. The average Bonchev–Trinajstić information content (AvgIpc) is 2.66. The number of hydrogen-bond donors (Lipinski definition) is 1. The first kappa shape index (κ1) is 20.6. The SMILES string of the molecule is COc1ccc(C=CC(=O)Nc2ccccc2COC2CCC2)cc1OC(C)=O. The lowest BCUT2D eigenvalue weighted by atomic mass is 9.96. The maximum atomic E-state index is 12.4.